The monoisotopic (exact) mass is 292 g/mol. The van der Waals surface area contributed by atoms with Gasteiger partial charge in [-0.1, -0.05) is 54.6 Å². The number of carbonyl (C=O) groups excluding carboxylic acids is 2. The summed E-state index contributed by atoms with van der Waals surface area (Å²) in [4.78, 5) is 23.4. The molecule has 0 atom stereocenters. The summed E-state index contributed by atoms with van der Waals surface area (Å²) < 4.78 is 0. The van der Waals surface area contributed by atoms with Gasteiger partial charge in [-0.25, -0.2) is 0 Å². The van der Waals surface area contributed by atoms with Gasteiger partial charge in [0.15, 0.2) is 11.6 Å². The van der Waals surface area contributed by atoms with E-state index in [-0.39, 0.29) is 23.7 Å². The third kappa shape index (κ3) is 5.21. The van der Waals surface area contributed by atoms with Crippen molar-refractivity contribution in [3.8, 4) is 5.75 Å². The quantitative estimate of drug-likeness (QED) is 0.653. The molecule has 3 heteroatoms. The molecular weight excluding hydrogens is 276 g/mol. The van der Waals surface area contributed by atoms with Crippen molar-refractivity contribution in [2.24, 2.45) is 0 Å². The lowest BCUT2D eigenvalue weighted by molar-refractivity contribution is -0.121. The highest BCUT2D eigenvalue weighted by molar-refractivity contribution is 6.10. The second kappa shape index (κ2) is 7.74. The number of allylic oxidation sites excluding steroid dienone is 2. The van der Waals surface area contributed by atoms with Gasteiger partial charge in [0, 0.05) is 0 Å². The Kier molecular flexibility index (Phi) is 5.44. The molecule has 2 aromatic carbocycles. The molecule has 3 nitrogen and oxygen atoms in total. The van der Waals surface area contributed by atoms with Crippen LogP contribution in [0.15, 0.2) is 66.7 Å². The molecule has 0 amide bonds. The van der Waals surface area contributed by atoms with Crippen LogP contribution in [0.25, 0.3) is 12.2 Å². The fourth-order valence-electron chi connectivity index (χ4n) is 1.82. The number of carbonyl (C=O) groups is 2. The minimum absolute atomic E-state index is 0.155. The molecule has 110 valence electrons. The predicted molar refractivity (Wildman–Crippen MR) is 87.2 cm³/mol. The Morgan fingerprint density at radius 3 is 1.82 bits per heavy atom. The highest BCUT2D eigenvalue weighted by Gasteiger charge is 2.03. The van der Waals surface area contributed by atoms with Gasteiger partial charge in [-0.05, 0) is 35.4 Å². The molecule has 1 N–H and O–H groups in total. The molecule has 0 aliphatic carbocycles. The third-order valence-corrected chi connectivity index (χ3v) is 2.96. The van der Waals surface area contributed by atoms with E-state index in [9.17, 15) is 9.59 Å². The highest BCUT2D eigenvalue weighted by Crippen LogP contribution is 2.11. The van der Waals surface area contributed by atoms with Gasteiger partial charge in [0.1, 0.15) is 5.75 Å². The number of phenols is 1. The van der Waals surface area contributed by atoms with E-state index in [1.165, 1.54) is 24.3 Å². The normalized spacial score (nSPS) is 11.1. The van der Waals surface area contributed by atoms with Gasteiger partial charge in [-0.3, -0.25) is 9.59 Å². The molecule has 0 aromatic heterocycles. The van der Waals surface area contributed by atoms with Crippen LogP contribution in [-0.4, -0.2) is 16.7 Å². The maximum absolute atomic E-state index is 11.7. The molecule has 0 spiro atoms. The number of hydrogen-bond donors (Lipinski definition) is 1. The lowest BCUT2D eigenvalue weighted by Gasteiger charge is -1.95. The van der Waals surface area contributed by atoms with Crippen LogP contribution in [0.3, 0.4) is 0 Å². The zero-order valence-corrected chi connectivity index (χ0v) is 12.0. The van der Waals surface area contributed by atoms with Crippen LogP contribution in [0.2, 0.25) is 0 Å². The summed E-state index contributed by atoms with van der Waals surface area (Å²) >= 11 is 0. The molecule has 2 rings (SSSR count). The van der Waals surface area contributed by atoms with E-state index in [0.717, 1.165) is 11.1 Å². The van der Waals surface area contributed by atoms with Crippen molar-refractivity contribution in [2.75, 3.05) is 0 Å². The van der Waals surface area contributed by atoms with Gasteiger partial charge in [-0.15, -0.1) is 0 Å². The van der Waals surface area contributed by atoms with Gasteiger partial charge in [-0.2, -0.15) is 0 Å². The second-order valence-corrected chi connectivity index (χ2v) is 4.78. The van der Waals surface area contributed by atoms with Crippen LogP contribution in [-0.2, 0) is 9.59 Å². The average molecular weight is 292 g/mol. The van der Waals surface area contributed by atoms with Crippen molar-refractivity contribution >= 4 is 23.7 Å². The summed E-state index contributed by atoms with van der Waals surface area (Å²) in [5, 5.41) is 9.16. The molecule has 22 heavy (non-hydrogen) atoms. The molecule has 0 unspecified atom stereocenters. The summed E-state index contributed by atoms with van der Waals surface area (Å²) in [6.07, 6.45) is 5.95. The Morgan fingerprint density at radius 1 is 0.773 bits per heavy atom. The Labute approximate surface area is 129 Å². The maximum atomic E-state index is 11.7. The number of ketones is 2. The van der Waals surface area contributed by atoms with Crippen molar-refractivity contribution in [2.45, 2.75) is 6.42 Å². The predicted octanol–water partition coefficient (Wildman–Crippen LogP) is 3.65. The van der Waals surface area contributed by atoms with E-state index >= 15 is 0 Å². The third-order valence-electron chi connectivity index (χ3n) is 2.96. The lowest BCUT2D eigenvalue weighted by atomic mass is 10.1. The van der Waals surface area contributed by atoms with Crippen molar-refractivity contribution in [3.05, 3.63) is 77.9 Å². The maximum Gasteiger partial charge on any atom is 0.163 e. The number of aromatic hydroxyl groups is 1. The first-order chi connectivity index (χ1) is 10.6. The van der Waals surface area contributed by atoms with Crippen LogP contribution in [0, 0.1) is 0 Å². The summed E-state index contributed by atoms with van der Waals surface area (Å²) in [6.45, 7) is 0. The SMILES string of the molecule is O=C(C=Cc1ccccc1)CC(=O)C=Cc1ccc(O)cc1. The van der Waals surface area contributed by atoms with Crippen LogP contribution < -0.4 is 0 Å². The Hall–Kier alpha value is -2.94. The summed E-state index contributed by atoms with van der Waals surface area (Å²) in [5.41, 5.74) is 1.71. The number of rotatable bonds is 6. The van der Waals surface area contributed by atoms with E-state index in [1.54, 1.807) is 24.3 Å². The Balaban J connectivity index is 1.87. The fourth-order valence-corrected chi connectivity index (χ4v) is 1.82. The smallest absolute Gasteiger partial charge is 0.163 e. The largest absolute Gasteiger partial charge is 0.508 e. The van der Waals surface area contributed by atoms with E-state index in [2.05, 4.69) is 0 Å². The minimum Gasteiger partial charge on any atom is -0.508 e. The molecule has 0 aliphatic rings. The number of phenolic OH excluding ortho intramolecular Hbond substituents is 1. The molecule has 0 fully saturated rings. The van der Waals surface area contributed by atoms with Crippen LogP contribution in [0.1, 0.15) is 17.5 Å². The Morgan fingerprint density at radius 2 is 1.27 bits per heavy atom. The fraction of sp³-hybridized carbons (Fsp3) is 0.0526. The lowest BCUT2D eigenvalue weighted by Crippen LogP contribution is -2.01. The molecule has 0 bridgehead atoms. The van der Waals surface area contributed by atoms with Gasteiger partial charge in [0.05, 0.1) is 6.42 Å². The summed E-state index contributed by atoms with van der Waals surface area (Å²) in [6, 6.07) is 15.9. The number of benzene rings is 2. The highest BCUT2D eigenvalue weighted by atomic mass is 16.3. The van der Waals surface area contributed by atoms with Gasteiger partial charge >= 0.3 is 0 Å². The first-order valence-corrected chi connectivity index (χ1v) is 6.89. The molecule has 2 aromatic rings. The van der Waals surface area contributed by atoms with Gasteiger partial charge < -0.3 is 5.11 Å². The van der Waals surface area contributed by atoms with E-state index in [1.807, 2.05) is 30.3 Å². The van der Waals surface area contributed by atoms with Crippen LogP contribution in [0.5, 0.6) is 5.75 Å². The summed E-state index contributed by atoms with van der Waals surface area (Å²) in [7, 11) is 0. The van der Waals surface area contributed by atoms with Gasteiger partial charge in [0.2, 0.25) is 0 Å². The zero-order chi connectivity index (χ0) is 15.8. The van der Waals surface area contributed by atoms with Crippen molar-refractivity contribution < 1.29 is 14.7 Å². The summed E-state index contributed by atoms with van der Waals surface area (Å²) in [5.74, 6) is -0.315. The first-order valence-electron chi connectivity index (χ1n) is 6.89. The number of hydrogen-bond acceptors (Lipinski definition) is 3. The molecular formula is C19H16O3. The molecule has 0 saturated carbocycles. The first kappa shape index (κ1) is 15.4. The van der Waals surface area contributed by atoms with Crippen molar-refractivity contribution in [3.63, 3.8) is 0 Å². The van der Waals surface area contributed by atoms with Crippen LogP contribution >= 0.6 is 0 Å². The van der Waals surface area contributed by atoms with Crippen LogP contribution in [0.4, 0.5) is 0 Å². The average Bonchev–Trinajstić information content (AvgIpc) is 2.53. The van der Waals surface area contributed by atoms with E-state index < -0.39 is 0 Å². The van der Waals surface area contributed by atoms with Crippen molar-refractivity contribution in [1.29, 1.82) is 0 Å². The van der Waals surface area contributed by atoms with Crippen molar-refractivity contribution in [1.82, 2.24) is 0 Å². The molecule has 0 saturated heterocycles. The standard InChI is InChI=1S/C19H16O3/c20-17-10-6-16(7-11-17)9-13-19(22)14-18(21)12-8-15-4-2-1-3-5-15/h1-13,20H,14H2. The molecule has 0 aliphatic heterocycles. The molecule has 0 radical (unpaired) electrons. The topological polar surface area (TPSA) is 54.4 Å². The molecule has 0 heterocycles. The minimum atomic E-state index is -0.254. The van der Waals surface area contributed by atoms with Gasteiger partial charge in [0.25, 0.3) is 0 Å². The van der Waals surface area contributed by atoms with E-state index in [4.69, 9.17) is 5.11 Å². The Bertz CT molecular complexity index is 695. The second-order valence-electron chi connectivity index (χ2n) is 4.78. The van der Waals surface area contributed by atoms with E-state index in [0.29, 0.717) is 0 Å². The zero-order valence-electron chi connectivity index (χ0n) is 12.0.